The van der Waals surface area contributed by atoms with Gasteiger partial charge in [-0.2, -0.15) is 0 Å². The van der Waals surface area contributed by atoms with Gasteiger partial charge in [-0.1, -0.05) is 115 Å². The summed E-state index contributed by atoms with van der Waals surface area (Å²) in [7, 11) is 0. The van der Waals surface area contributed by atoms with Gasteiger partial charge in [-0.15, -0.1) is 0 Å². The highest BCUT2D eigenvalue weighted by atomic mass is 16.6. The standard InChI is InChI=1S/C35H60O6/c1-4-5-18-24-32-33(41-32)25-20-15-10-8-6-7-9-11-17-22-27-35(38)40-31(28-36)29-39-34(37)26-21-16-13-12-14-19-23-30(2)3/h6,8-9,11,15,20,30-33,36H,4-5,7,10,12-14,16-19,21-29H2,1-3H3/b8-6-,11-9-,20-15-/t31-,32?,33?/m0/s1. The van der Waals surface area contributed by atoms with Crippen molar-refractivity contribution in [1.29, 1.82) is 0 Å². The summed E-state index contributed by atoms with van der Waals surface area (Å²) in [6.45, 7) is 6.29. The van der Waals surface area contributed by atoms with Gasteiger partial charge in [-0.25, -0.2) is 0 Å². The summed E-state index contributed by atoms with van der Waals surface area (Å²) in [4.78, 5) is 24.0. The molecular formula is C35H60O6. The van der Waals surface area contributed by atoms with Crippen molar-refractivity contribution in [1.82, 2.24) is 0 Å². The van der Waals surface area contributed by atoms with Crippen LogP contribution in [0.1, 0.15) is 136 Å². The molecule has 0 aromatic heterocycles. The molecule has 1 heterocycles. The van der Waals surface area contributed by atoms with Gasteiger partial charge in [0.15, 0.2) is 6.10 Å². The summed E-state index contributed by atoms with van der Waals surface area (Å²) in [6.07, 6.45) is 31.1. The fraction of sp³-hybridized carbons (Fsp3) is 0.771. The van der Waals surface area contributed by atoms with Crippen molar-refractivity contribution in [2.24, 2.45) is 5.92 Å². The van der Waals surface area contributed by atoms with Crippen LogP contribution in [0.2, 0.25) is 0 Å². The molecule has 6 heteroatoms. The first-order valence-electron chi connectivity index (χ1n) is 16.5. The molecule has 1 rings (SSSR count). The van der Waals surface area contributed by atoms with Crippen LogP contribution in [0.3, 0.4) is 0 Å². The zero-order valence-corrected chi connectivity index (χ0v) is 26.4. The first-order chi connectivity index (χ1) is 20.0. The van der Waals surface area contributed by atoms with Gasteiger partial charge in [0.2, 0.25) is 0 Å². The van der Waals surface area contributed by atoms with E-state index in [1.165, 1.54) is 51.4 Å². The SMILES string of the molecule is CCCCCC1OC1C/C=C\C/C=C\C/C=C\CCCC(=O)O[C@@H](CO)COC(=O)CCCCCCCCC(C)C. The summed E-state index contributed by atoms with van der Waals surface area (Å²) in [5.41, 5.74) is 0. The maximum atomic E-state index is 12.1. The number of hydrogen-bond donors (Lipinski definition) is 1. The number of aliphatic hydroxyl groups is 1. The van der Waals surface area contributed by atoms with Gasteiger partial charge in [0.1, 0.15) is 6.61 Å². The molecule has 1 aliphatic rings. The minimum atomic E-state index is -0.800. The number of carbonyl (C=O) groups is 2. The molecule has 1 fully saturated rings. The van der Waals surface area contributed by atoms with Crippen LogP contribution in [0.4, 0.5) is 0 Å². The third-order valence-corrected chi connectivity index (χ3v) is 7.29. The molecule has 1 saturated heterocycles. The summed E-state index contributed by atoms with van der Waals surface area (Å²) < 4.78 is 16.2. The topological polar surface area (TPSA) is 85.4 Å². The molecule has 41 heavy (non-hydrogen) atoms. The van der Waals surface area contributed by atoms with Crippen LogP contribution in [-0.4, -0.2) is 48.6 Å². The quantitative estimate of drug-likeness (QED) is 0.0456. The fourth-order valence-corrected chi connectivity index (χ4v) is 4.65. The molecule has 0 saturated carbocycles. The van der Waals surface area contributed by atoms with Crippen LogP contribution in [0.15, 0.2) is 36.5 Å². The van der Waals surface area contributed by atoms with E-state index in [2.05, 4.69) is 57.2 Å². The Morgan fingerprint density at radius 2 is 1.44 bits per heavy atom. The highest BCUT2D eigenvalue weighted by Gasteiger charge is 2.36. The van der Waals surface area contributed by atoms with Crippen molar-refractivity contribution in [3.05, 3.63) is 36.5 Å². The Hall–Kier alpha value is -1.92. The Bertz CT molecular complexity index is 741. The van der Waals surface area contributed by atoms with E-state index in [0.29, 0.717) is 25.0 Å². The summed E-state index contributed by atoms with van der Waals surface area (Å²) in [5, 5.41) is 9.48. The van der Waals surface area contributed by atoms with Gasteiger partial charge in [-0.3, -0.25) is 9.59 Å². The van der Waals surface area contributed by atoms with E-state index in [0.717, 1.165) is 50.9 Å². The molecule has 0 aromatic rings. The second kappa shape index (κ2) is 25.8. The minimum Gasteiger partial charge on any atom is -0.462 e. The van der Waals surface area contributed by atoms with Crippen molar-refractivity contribution in [2.45, 2.75) is 155 Å². The number of rotatable bonds is 27. The molecule has 0 aliphatic carbocycles. The van der Waals surface area contributed by atoms with E-state index in [-0.39, 0.29) is 31.6 Å². The van der Waals surface area contributed by atoms with Crippen LogP contribution in [0.25, 0.3) is 0 Å². The smallest absolute Gasteiger partial charge is 0.306 e. The molecular weight excluding hydrogens is 516 g/mol. The van der Waals surface area contributed by atoms with E-state index in [1.54, 1.807) is 0 Å². The number of esters is 2. The molecule has 0 bridgehead atoms. The van der Waals surface area contributed by atoms with Gasteiger partial charge in [0.05, 0.1) is 18.8 Å². The van der Waals surface area contributed by atoms with E-state index in [9.17, 15) is 14.7 Å². The molecule has 3 atom stereocenters. The lowest BCUT2D eigenvalue weighted by atomic mass is 10.0. The van der Waals surface area contributed by atoms with Crippen LogP contribution < -0.4 is 0 Å². The normalized spacial score (nSPS) is 17.7. The van der Waals surface area contributed by atoms with Gasteiger partial charge in [0.25, 0.3) is 0 Å². The highest BCUT2D eigenvalue weighted by molar-refractivity contribution is 5.70. The van der Waals surface area contributed by atoms with Gasteiger partial charge in [-0.05, 0) is 50.9 Å². The number of ether oxygens (including phenoxy) is 3. The summed E-state index contributed by atoms with van der Waals surface area (Å²) >= 11 is 0. The monoisotopic (exact) mass is 576 g/mol. The Morgan fingerprint density at radius 1 is 0.780 bits per heavy atom. The molecule has 0 aromatic carbocycles. The average molecular weight is 577 g/mol. The molecule has 1 N–H and O–H groups in total. The minimum absolute atomic E-state index is 0.0916. The Labute approximate surface area is 251 Å². The molecule has 1 aliphatic heterocycles. The molecule has 6 nitrogen and oxygen atoms in total. The first-order valence-corrected chi connectivity index (χ1v) is 16.5. The second-order valence-electron chi connectivity index (χ2n) is 11.8. The number of epoxide rings is 1. The average Bonchev–Trinajstić information content (AvgIpc) is 3.70. The van der Waals surface area contributed by atoms with Gasteiger partial charge >= 0.3 is 11.9 Å². The zero-order valence-electron chi connectivity index (χ0n) is 26.4. The van der Waals surface area contributed by atoms with Crippen LogP contribution in [-0.2, 0) is 23.8 Å². The zero-order chi connectivity index (χ0) is 30.0. The van der Waals surface area contributed by atoms with E-state index >= 15 is 0 Å². The Kier molecular flexibility index (Phi) is 23.3. The number of carbonyl (C=O) groups excluding carboxylic acids is 2. The van der Waals surface area contributed by atoms with Crippen molar-refractivity contribution in [2.75, 3.05) is 13.2 Å². The van der Waals surface area contributed by atoms with Gasteiger partial charge in [0, 0.05) is 12.8 Å². The maximum absolute atomic E-state index is 12.1. The molecule has 236 valence electrons. The summed E-state index contributed by atoms with van der Waals surface area (Å²) in [6, 6.07) is 0. The number of unbranched alkanes of at least 4 members (excludes halogenated alkanes) is 8. The Morgan fingerprint density at radius 3 is 2.15 bits per heavy atom. The van der Waals surface area contributed by atoms with Crippen molar-refractivity contribution in [3.63, 3.8) is 0 Å². The third kappa shape index (κ3) is 23.3. The number of hydrogen-bond acceptors (Lipinski definition) is 6. The number of aliphatic hydroxyl groups excluding tert-OH is 1. The summed E-state index contributed by atoms with van der Waals surface area (Å²) in [5.74, 6) is 0.0988. The first kappa shape index (κ1) is 37.1. The highest BCUT2D eigenvalue weighted by Crippen LogP contribution is 2.30. The van der Waals surface area contributed by atoms with Crippen molar-refractivity contribution >= 4 is 11.9 Å². The predicted molar refractivity (Wildman–Crippen MR) is 168 cm³/mol. The molecule has 2 unspecified atom stereocenters. The lowest BCUT2D eigenvalue weighted by Gasteiger charge is -2.15. The van der Waals surface area contributed by atoms with Crippen LogP contribution in [0.5, 0.6) is 0 Å². The largest absolute Gasteiger partial charge is 0.462 e. The maximum Gasteiger partial charge on any atom is 0.306 e. The van der Waals surface area contributed by atoms with E-state index < -0.39 is 6.10 Å². The lowest BCUT2D eigenvalue weighted by molar-refractivity contribution is -0.161. The number of allylic oxidation sites excluding steroid dienone is 5. The third-order valence-electron chi connectivity index (χ3n) is 7.29. The lowest BCUT2D eigenvalue weighted by Crippen LogP contribution is -2.28. The fourth-order valence-electron chi connectivity index (χ4n) is 4.65. The van der Waals surface area contributed by atoms with E-state index in [1.807, 2.05) is 0 Å². The second-order valence-corrected chi connectivity index (χ2v) is 11.8. The molecule has 0 spiro atoms. The Balaban J connectivity index is 1.97. The molecule has 0 radical (unpaired) electrons. The van der Waals surface area contributed by atoms with E-state index in [4.69, 9.17) is 14.2 Å². The van der Waals surface area contributed by atoms with Gasteiger partial charge < -0.3 is 19.3 Å². The molecule has 0 amide bonds. The van der Waals surface area contributed by atoms with Crippen molar-refractivity contribution < 1.29 is 28.9 Å². The predicted octanol–water partition coefficient (Wildman–Crippen LogP) is 8.57. The van der Waals surface area contributed by atoms with Crippen LogP contribution in [0, 0.1) is 5.92 Å². The van der Waals surface area contributed by atoms with Crippen molar-refractivity contribution in [3.8, 4) is 0 Å². The van der Waals surface area contributed by atoms with Crippen LogP contribution >= 0.6 is 0 Å².